The smallest absolute Gasteiger partial charge is 0.308 e. The number of amides is 1. The quantitative estimate of drug-likeness (QED) is 0.705. The highest BCUT2D eigenvalue weighted by Crippen LogP contribution is 2.31. The number of nitrogens with one attached hydrogen (secondary N) is 1. The fraction of sp³-hybridized carbons (Fsp3) is 0.556. The Kier molecular flexibility index (Phi) is 7.20. The molecule has 150 valence electrons. The second kappa shape index (κ2) is 9.18. The van der Waals surface area contributed by atoms with Gasteiger partial charge in [0.15, 0.2) is 6.61 Å². The fourth-order valence-corrected chi connectivity index (χ4v) is 4.40. The van der Waals surface area contributed by atoms with Crippen molar-refractivity contribution in [3.63, 3.8) is 0 Å². The number of benzene rings is 1. The maximum absolute atomic E-state index is 13.0. The molecule has 1 N–H and O–H groups in total. The summed E-state index contributed by atoms with van der Waals surface area (Å²) in [6.45, 7) is 3.83. The van der Waals surface area contributed by atoms with Crippen LogP contribution in [-0.2, 0) is 24.3 Å². The number of methoxy groups -OCH3 is 1. The van der Waals surface area contributed by atoms with Crippen LogP contribution in [0, 0.1) is 5.92 Å². The zero-order valence-electron chi connectivity index (χ0n) is 15.9. The molecule has 0 spiro atoms. The molecule has 0 saturated carbocycles. The third kappa shape index (κ3) is 5.43. The third-order valence-electron chi connectivity index (χ3n) is 4.20. The van der Waals surface area contributed by atoms with Crippen molar-refractivity contribution >= 4 is 27.6 Å². The lowest BCUT2D eigenvalue weighted by atomic mass is 10.2. The van der Waals surface area contributed by atoms with Crippen LogP contribution >= 0.6 is 0 Å². The first-order valence-corrected chi connectivity index (χ1v) is 10.3. The number of carbonyl (C=O) groups excluding carboxylic acids is 2. The van der Waals surface area contributed by atoms with Crippen LogP contribution in [0.1, 0.15) is 33.1 Å². The average molecular weight is 398 g/mol. The first kappa shape index (κ1) is 21.2. The molecule has 1 aromatic carbocycles. The van der Waals surface area contributed by atoms with E-state index in [1.165, 1.54) is 29.6 Å². The normalized spacial score (nSPS) is 15.4. The van der Waals surface area contributed by atoms with Gasteiger partial charge in [0.05, 0.1) is 13.0 Å². The van der Waals surface area contributed by atoms with Gasteiger partial charge < -0.3 is 14.8 Å². The number of ether oxygens (including phenoxy) is 2. The first-order valence-electron chi connectivity index (χ1n) is 8.90. The molecule has 2 rings (SSSR count). The maximum Gasteiger partial charge on any atom is 0.308 e. The van der Waals surface area contributed by atoms with E-state index < -0.39 is 28.5 Å². The standard InChI is InChI=1S/C18H26N2O6S/c1-13(2)18(22)26-12-17(21)19-14-7-8-15(25-3)16(11-14)27(23,24)20-9-5-4-6-10-20/h7-8,11,13H,4-6,9-10,12H2,1-3H3,(H,19,21). The van der Waals surface area contributed by atoms with Crippen molar-refractivity contribution in [1.29, 1.82) is 0 Å². The van der Waals surface area contributed by atoms with Crippen molar-refractivity contribution in [2.45, 2.75) is 38.0 Å². The van der Waals surface area contributed by atoms with E-state index in [4.69, 9.17) is 9.47 Å². The van der Waals surface area contributed by atoms with Crippen LogP contribution in [0.25, 0.3) is 0 Å². The van der Waals surface area contributed by atoms with Crippen molar-refractivity contribution in [3.05, 3.63) is 18.2 Å². The van der Waals surface area contributed by atoms with Crippen molar-refractivity contribution in [1.82, 2.24) is 4.31 Å². The largest absolute Gasteiger partial charge is 0.495 e. The van der Waals surface area contributed by atoms with Crippen LogP contribution in [0.2, 0.25) is 0 Å². The van der Waals surface area contributed by atoms with Gasteiger partial charge in [0.2, 0.25) is 10.0 Å². The zero-order valence-corrected chi connectivity index (χ0v) is 16.7. The summed E-state index contributed by atoms with van der Waals surface area (Å²) >= 11 is 0. The van der Waals surface area contributed by atoms with Crippen molar-refractivity contribution in [2.24, 2.45) is 5.92 Å². The Hall–Kier alpha value is -2.13. The van der Waals surface area contributed by atoms with E-state index in [1.54, 1.807) is 13.8 Å². The second-order valence-corrected chi connectivity index (χ2v) is 8.55. The van der Waals surface area contributed by atoms with Gasteiger partial charge in [-0.25, -0.2) is 8.42 Å². The molecule has 1 aliphatic rings. The molecular formula is C18H26N2O6S. The van der Waals surface area contributed by atoms with Crippen LogP contribution in [-0.4, -0.2) is 51.4 Å². The molecule has 0 radical (unpaired) electrons. The lowest BCUT2D eigenvalue weighted by Crippen LogP contribution is -2.35. The fourth-order valence-electron chi connectivity index (χ4n) is 2.70. The minimum absolute atomic E-state index is 0.00359. The summed E-state index contributed by atoms with van der Waals surface area (Å²) < 4.78 is 37.4. The molecule has 1 fully saturated rings. The number of sulfonamides is 1. The molecule has 27 heavy (non-hydrogen) atoms. The molecule has 9 heteroatoms. The van der Waals surface area contributed by atoms with Gasteiger partial charge in [-0.3, -0.25) is 9.59 Å². The molecular weight excluding hydrogens is 372 g/mol. The Balaban J connectivity index is 2.17. The number of hydrogen-bond donors (Lipinski definition) is 1. The summed E-state index contributed by atoms with van der Waals surface area (Å²) in [5.74, 6) is -1.14. The maximum atomic E-state index is 13.0. The number of nitrogens with zero attached hydrogens (tertiary/aromatic N) is 1. The number of hydrogen-bond acceptors (Lipinski definition) is 6. The van der Waals surface area contributed by atoms with Crippen molar-refractivity contribution < 1.29 is 27.5 Å². The number of rotatable bonds is 7. The summed E-state index contributed by atoms with van der Waals surface area (Å²) in [5.41, 5.74) is 0.289. The van der Waals surface area contributed by atoms with Gasteiger partial charge in [-0.05, 0) is 31.0 Å². The molecule has 0 unspecified atom stereocenters. The lowest BCUT2D eigenvalue weighted by molar-refractivity contribution is -0.150. The van der Waals surface area contributed by atoms with E-state index in [0.717, 1.165) is 19.3 Å². The minimum atomic E-state index is -3.73. The Morgan fingerprint density at radius 3 is 2.44 bits per heavy atom. The van der Waals surface area contributed by atoms with Crippen LogP contribution in [0.3, 0.4) is 0 Å². The van der Waals surface area contributed by atoms with E-state index in [9.17, 15) is 18.0 Å². The molecule has 1 saturated heterocycles. The number of esters is 1. The molecule has 1 amide bonds. The topological polar surface area (TPSA) is 102 Å². The Bertz CT molecular complexity index is 785. The van der Waals surface area contributed by atoms with Gasteiger partial charge in [0.1, 0.15) is 10.6 Å². The third-order valence-corrected chi connectivity index (χ3v) is 6.12. The van der Waals surface area contributed by atoms with Crippen molar-refractivity contribution in [2.75, 3.05) is 32.1 Å². The molecule has 0 bridgehead atoms. The minimum Gasteiger partial charge on any atom is -0.495 e. The summed E-state index contributed by atoms with van der Waals surface area (Å²) in [6, 6.07) is 4.40. The van der Waals surface area contributed by atoms with Gasteiger partial charge >= 0.3 is 5.97 Å². The van der Waals surface area contributed by atoms with E-state index >= 15 is 0 Å². The summed E-state index contributed by atoms with van der Waals surface area (Å²) in [7, 11) is -2.33. The first-order chi connectivity index (χ1) is 12.8. The SMILES string of the molecule is COc1ccc(NC(=O)COC(=O)C(C)C)cc1S(=O)(=O)N1CCCCC1. The molecule has 1 aliphatic heterocycles. The number of carbonyl (C=O) groups is 2. The predicted molar refractivity (Wildman–Crippen MR) is 100 cm³/mol. The van der Waals surface area contributed by atoms with Crippen LogP contribution in [0.5, 0.6) is 5.75 Å². The average Bonchev–Trinajstić information content (AvgIpc) is 2.66. The van der Waals surface area contributed by atoms with Gasteiger partial charge in [-0.15, -0.1) is 0 Å². The second-order valence-electron chi connectivity index (χ2n) is 6.64. The summed E-state index contributed by atoms with van der Waals surface area (Å²) in [5, 5.41) is 2.55. The van der Waals surface area contributed by atoms with Crippen LogP contribution in [0.4, 0.5) is 5.69 Å². The Labute approximate surface area is 159 Å². The van der Waals surface area contributed by atoms with Crippen LogP contribution < -0.4 is 10.1 Å². The lowest BCUT2D eigenvalue weighted by Gasteiger charge is -2.26. The molecule has 0 aliphatic carbocycles. The number of piperidine rings is 1. The highest BCUT2D eigenvalue weighted by atomic mass is 32.2. The highest BCUT2D eigenvalue weighted by molar-refractivity contribution is 7.89. The van der Waals surface area contributed by atoms with E-state index in [0.29, 0.717) is 13.1 Å². The van der Waals surface area contributed by atoms with E-state index in [-0.39, 0.29) is 22.3 Å². The van der Waals surface area contributed by atoms with E-state index in [2.05, 4.69) is 5.32 Å². The van der Waals surface area contributed by atoms with Crippen LogP contribution in [0.15, 0.2) is 23.1 Å². The van der Waals surface area contributed by atoms with E-state index in [1.807, 2.05) is 0 Å². The zero-order chi connectivity index (χ0) is 20.0. The highest BCUT2D eigenvalue weighted by Gasteiger charge is 2.29. The Morgan fingerprint density at radius 1 is 1.19 bits per heavy atom. The summed E-state index contributed by atoms with van der Waals surface area (Å²) in [6.07, 6.45) is 2.65. The monoisotopic (exact) mass is 398 g/mol. The molecule has 0 aromatic heterocycles. The molecule has 1 heterocycles. The molecule has 1 aromatic rings. The van der Waals surface area contributed by atoms with Gasteiger partial charge in [-0.1, -0.05) is 20.3 Å². The molecule has 8 nitrogen and oxygen atoms in total. The predicted octanol–water partition coefficient (Wildman–Crippen LogP) is 2.01. The van der Waals surface area contributed by atoms with Gasteiger partial charge in [0, 0.05) is 18.8 Å². The van der Waals surface area contributed by atoms with Crippen molar-refractivity contribution in [3.8, 4) is 5.75 Å². The molecule has 0 atom stereocenters. The van der Waals surface area contributed by atoms with Gasteiger partial charge in [0.25, 0.3) is 5.91 Å². The summed E-state index contributed by atoms with van der Waals surface area (Å²) in [4.78, 5) is 23.4. The van der Waals surface area contributed by atoms with Gasteiger partial charge in [-0.2, -0.15) is 4.31 Å². The number of anilines is 1. The Morgan fingerprint density at radius 2 is 1.85 bits per heavy atom.